The Morgan fingerprint density at radius 1 is 0.250 bits per heavy atom. The molecule has 0 bridgehead atoms. The Balaban J connectivity index is -0.000000152. The van der Waals surface area contributed by atoms with Crippen LogP contribution in [0.3, 0.4) is 0 Å². The average Bonchev–Trinajstić information content (AvgIpc) is 1.96. The van der Waals surface area contributed by atoms with Gasteiger partial charge >= 0.3 is 0 Å². The van der Waals surface area contributed by atoms with Gasteiger partial charge in [-0.25, -0.2) is 0 Å². The molecule has 0 saturated carbocycles. The van der Waals surface area contributed by atoms with E-state index in [2.05, 4.69) is 118 Å². The minimum absolute atomic E-state index is 0. The van der Waals surface area contributed by atoms with Gasteiger partial charge in [0.2, 0.25) is 0 Å². The Morgan fingerprint density at radius 2 is 0.321 bits per heavy atom. The predicted octanol–water partition coefficient (Wildman–Crippen LogP) is 9.09. The van der Waals surface area contributed by atoms with Crippen molar-refractivity contribution in [3.8, 4) is 0 Å². The molecule has 174 valence electrons. The number of nitrogens with zero attached hydrogens (tertiary/aromatic N) is 3. The van der Waals surface area contributed by atoms with Gasteiger partial charge in [0.15, 0.2) is 0 Å². The van der Waals surface area contributed by atoms with Crippen LogP contribution in [0.2, 0.25) is 118 Å². The molecule has 0 spiro atoms. The van der Waals surface area contributed by atoms with E-state index in [1.165, 1.54) is 0 Å². The standard InChI is InChI=1S/3C6H18NSi2.Pu/c3*1-8(2,3)7-9(4,5)6;/h3*1-6H3;/q3*-1;. The molecule has 0 saturated heterocycles. The van der Waals surface area contributed by atoms with Crippen LogP contribution >= 0.6 is 0 Å². The molecule has 0 amide bonds. The third-order valence-corrected chi connectivity index (χ3v) is 18.1. The summed E-state index contributed by atoms with van der Waals surface area (Å²) >= 11 is 0. The zero-order chi connectivity index (χ0) is 23.1. The quantitative estimate of drug-likeness (QED) is 0.246. The molecule has 0 aliphatic heterocycles. The van der Waals surface area contributed by atoms with E-state index in [-0.39, 0.29) is 29.2 Å². The van der Waals surface area contributed by atoms with E-state index in [9.17, 15) is 0 Å². The molecule has 0 radical (unpaired) electrons. The van der Waals surface area contributed by atoms with Crippen LogP contribution in [0.1, 0.15) is 0 Å². The first-order chi connectivity index (χ1) is 11.1. The number of rotatable bonds is 6. The Labute approximate surface area is 208 Å². The summed E-state index contributed by atoms with van der Waals surface area (Å²) in [5, 5.41) is 0. The molecular formula is C18H54N3PuSi6-3. The summed E-state index contributed by atoms with van der Waals surface area (Å²) < 4.78 is 14.5. The maximum atomic E-state index is 4.82. The topological polar surface area (TPSA) is 42.3 Å². The molecule has 0 rings (SSSR count). The van der Waals surface area contributed by atoms with E-state index in [0.29, 0.717) is 0 Å². The van der Waals surface area contributed by atoms with Crippen molar-refractivity contribution in [1.82, 2.24) is 0 Å². The third-order valence-electron chi connectivity index (χ3n) is 2.01. The summed E-state index contributed by atoms with van der Waals surface area (Å²) in [5.74, 6) is 0. The Bertz CT molecular complexity index is 297. The van der Waals surface area contributed by atoms with Crippen LogP contribution in [0.15, 0.2) is 0 Å². The molecule has 0 heterocycles. The molecule has 0 unspecified atom stereocenters. The molecule has 0 atom stereocenters. The van der Waals surface area contributed by atoms with Crippen molar-refractivity contribution in [1.29, 1.82) is 0 Å². The van der Waals surface area contributed by atoms with Crippen LogP contribution in [0.5, 0.6) is 0 Å². The van der Waals surface area contributed by atoms with Crippen LogP contribution in [0.4, 0.5) is 0 Å². The van der Waals surface area contributed by atoms with Gasteiger partial charge in [0, 0.05) is 29.2 Å². The van der Waals surface area contributed by atoms with Gasteiger partial charge in [0.05, 0.1) is 0 Å². The fourth-order valence-electron chi connectivity index (χ4n) is 3.02. The molecule has 3 nitrogen and oxygen atoms in total. The maximum Gasteiger partial charge on any atom is 0 e. The molecule has 0 aromatic rings. The van der Waals surface area contributed by atoms with Crippen LogP contribution in [-0.2, 0) is 0 Å². The third kappa shape index (κ3) is 51.1. The van der Waals surface area contributed by atoms with Crippen molar-refractivity contribution in [2.45, 2.75) is 118 Å². The second kappa shape index (κ2) is 13.7. The zero-order valence-electron chi connectivity index (χ0n) is 22.7. The van der Waals surface area contributed by atoms with Gasteiger partial charge in [0.25, 0.3) is 0 Å². The molecule has 0 fully saturated rings. The fraction of sp³-hybridized carbons (Fsp3) is 1.00. The Morgan fingerprint density at radius 3 is 0.321 bits per heavy atom. The second-order valence-corrected chi connectivity index (χ2v) is 42.1. The van der Waals surface area contributed by atoms with E-state index in [0.717, 1.165) is 0 Å². The van der Waals surface area contributed by atoms with Gasteiger partial charge in [-0.2, -0.15) is 0 Å². The van der Waals surface area contributed by atoms with Crippen LogP contribution in [0.25, 0.3) is 13.9 Å². The molecule has 0 N–H and O–H groups in total. The molecule has 0 aliphatic rings. The minimum Gasteiger partial charge on any atom is -0.668 e. The van der Waals surface area contributed by atoms with Crippen molar-refractivity contribution < 1.29 is 29.2 Å². The van der Waals surface area contributed by atoms with Crippen molar-refractivity contribution in [3.63, 3.8) is 0 Å². The van der Waals surface area contributed by atoms with Gasteiger partial charge < -0.3 is 13.9 Å². The van der Waals surface area contributed by atoms with E-state index < -0.39 is 49.4 Å². The fourth-order valence-corrected chi connectivity index (χ4v) is 27.2. The van der Waals surface area contributed by atoms with Gasteiger partial charge in [0.1, 0.15) is 0 Å². The largest absolute Gasteiger partial charge is 0.668 e. The Hall–Kier alpha value is 2.17. The molecule has 0 aromatic heterocycles. The molecule has 10 heteroatoms. The normalized spacial score (nSPS) is 13.5. The smallest absolute Gasteiger partial charge is 0 e. The second-order valence-electron chi connectivity index (χ2n) is 13.4. The summed E-state index contributed by atoms with van der Waals surface area (Å²) in [6.45, 7) is 41.3. The first-order valence-corrected chi connectivity index (χ1v) is 31.0. The summed E-state index contributed by atoms with van der Waals surface area (Å²) in [6.07, 6.45) is 0. The average molecular weight is 725 g/mol. The summed E-state index contributed by atoms with van der Waals surface area (Å²) in [5.41, 5.74) is 0. The molecule has 28 heavy (non-hydrogen) atoms. The number of hydrogen-bond donors (Lipinski definition) is 0. The number of hydrogen-bond acceptors (Lipinski definition) is 0. The van der Waals surface area contributed by atoms with Crippen molar-refractivity contribution in [3.05, 3.63) is 13.9 Å². The molecular weight excluding hydrogens is 671 g/mol. The Kier molecular flexibility index (Phi) is 18.3. The van der Waals surface area contributed by atoms with E-state index >= 15 is 0 Å². The van der Waals surface area contributed by atoms with E-state index in [1.54, 1.807) is 0 Å². The van der Waals surface area contributed by atoms with Gasteiger partial charge in [-0.1, -0.05) is 167 Å². The van der Waals surface area contributed by atoms with E-state index in [4.69, 9.17) is 13.9 Å². The van der Waals surface area contributed by atoms with Gasteiger partial charge in [-0.3, -0.25) is 0 Å². The van der Waals surface area contributed by atoms with Crippen LogP contribution in [-0.4, -0.2) is 49.4 Å². The zero-order valence-corrected chi connectivity index (χ0v) is 32.1. The maximum absolute atomic E-state index is 4.82. The minimum atomic E-state index is -1.11. The summed E-state index contributed by atoms with van der Waals surface area (Å²) in [4.78, 5) is 0. The van der Waals surface area contributed by atoms with Crippen molar-refractivity contribution >= 4 is 49.4 Å². The first kappa shape index (κ1) is 37.5. The summed E-state index contributed by atoms with van der Waals surface area (Å²) in [6, 6.07) is 0. The van der Waals surface area contributed by atoms with Gasteiger partial charge in [-0.05, 0) is 0 Å². The molecule has 0 aliphatic carbocycles. The van der Waals surface area contributed by atoms with Crippen molar-refractivity contribution in [2.24, 2.45) is 0 Å². The predicted molar refractivity (Wildman–Crippen MR) is 150 cm³/mol. The SMILES string of the molecule is C[Si](C)(C)[N-][Si](C)(C)C.C[Si](C)(C)[N-][Si](C)(C)C.C[Si](C)(C)[N-][Si](C)(C)C.[Pu]. The van der Waals surface area contributed by atoms with Crippen molar-refractivity contribution in [2.75, 3.05) is 0 Å². The van der Waals surface area contributed by atoms with Crippen LogP contribution in [0, 0.1) is 29.2 Å². The van der Waals surface area contributed by atoms with Crippen LogP contribution < -0.4 is 0 Å². The monoisotopic (exact) mass is 718 g/mol. The van der Waals surface area contributed by atoms with E-state index in [1.807, 2.05) is 0 Å². The summed E-state index contributed by atoms with van der Waals surface area (Å²) in [7, 11) is -6.64. The molecule has 0 aromatic carbocycles. The van der Waals surface area contributed by atoms with Gasteiger partial charge in [-0.15, -0.1) is 0 Å². The first-order valence-electron chi connectivity index (χ1n) is 10.3.